The number of halogens is 2. The van der Waals surface area contributed by atoms with Gasteiger partial charge in [0, 0.05) is 22.8 Å². The van der Waals surface area contributed by atoms with Crippen LogP contribution in [0.2, 0.25) is 0 Å². The summed E-state index contributed by atoms with van der Waals surface area (Å²) in [5.74, 6) is 0. The molecule has 0 amide bonds. The molecule has 1 aromatic carbocycles. The lowest BCUT2D eigenvalue weighted by molar-refractivity contribution is 0.880. The van der Waals surface area contributed by atoms with Crippen molar-refractivity contribution in [1.29, 1.82) is 0 Å². The second kappa shape index (κ2) is 5.46. The predicted molar refractivity (Wildman–Crippen MR) is 70.7 cm³/mol. The van der Waals surface area contributed by atoms with E-state index in [-0.39, 0.29) is 5.38 Å². The molecule has 0 N–H and O–H groups in total. The average molecular weight is 297 g/mol. The molecule has 2 rings (SSSR count). The number of hydrogen-bond acceptors (Lipinski definition) is 1. The molecule has 1 nitrogen and oxygen atoms in total. The first-order chi connectivity index (χ1) is 7.75. The van der Waals surface area contributed by atoms with Gasteiger partial charge in [-0.25, -0.2) is 0 Å². The van der Waals surface area contributed by atoms with Gasteiger partial charge in [0.1, 0.15) is 0 Å². The van der Waals surface area contributed by atoms with Gasteiger partial charge in [-0.15, -0.1) is 11.6 Å². The lowest BCUT2D eigenvalue weighted by Gasteiger charge is -2.08. The Morgan fingerprint density at radius 2 is 1.88 bits per heavy atom. The summed E-state index contributed by atoms with van der Waals surface area (Å²) in [5, 5.41) is -0.0186. The number of alkyl halides is 1. The lowest BCUT2D eigenvalue weighted by Crippen LogP contribution is -1.97. The van der Waals surface area contributed by atoms with Crippen molar-refractivity contribution in [2.24, 2.45) is 0 Å². The van der Waals surface area contributed by atoms with Gasteiger partial charge >= 0.3 is 0 Å². The third-order valence-electron chi connectivity index (χ3n) is 2.34. The predicted octanol–water partition coefficient (Wildman–Crippen LogP) is 4.37. The Hall–Kier alpha value is -0.860. The van der Waals surface area contributed by atoms with E-state index in [2.05, 4.69) is 20.9 Å². The van der Waals surface area contributed by atoms with E-state index < -0.39 is 0 Å². The number of aromatic nitrogens is 1. The number of nitrogens with zero attached hydrogens (tertiary/aromatic N) is 1. The topological polar surface area (TPSA) is 12.9 Å². The molecule has 1 heterocycles. The minimum atomic E-state index is -0.0186. The molecule has 0 fully saturated rings. The van der Waals surface area contributed by atoms with Gasteiger partial charge in [0.05, 0.1) is 5.38 Å². The average Bonchev–Trinajstić information content (AvgIpc) is 2.33. The van der Waals surface area contributed by atoms with Gasteiger partial charge in [-0.1, -0.05) is 30.3 Å². The second-order valence-corrected chi connectivity index (χ2v) is 4.99. The largest absolute Gasteiger partial charge is 0.260 e. The van der Waals surface area contributed by atoms with Crippen molar-refractivity contribution >= 4 is 27.5 Å². The molecular weight excluding hydrogens is 286 g/mol. The maximum atomic E-state index is 6.33. The van der Waals surface area contributed by atoms with Gasteiger partial charge in [-0.3, -0.25) is 4.98 Å². The Morgan fingerprint density at radius 1 is 1.12 bits per heavy atom. The van der Waals surface area contributed by atoms with Gasteiger partial charge in [0.15, 0.2) is 0 Å². The fourth-order valence-electron chi connectivity index (χ4n) is 1.49. The maximum absolute atomic E-state index is 6.33. The van der Waals surface area contributed by atoms with E-state index in [1.165, 1.54) is 0 Å². The highest BCUT2D eigenvalue weighted by molar-refractivity contribution is 9.10. The molecule has 2 aromatic rings. The summed E-state index contributed by atoms with van der Waals surface area (Å²) in [7, 11) is 0. The minimum Gasteiger partial charge on any atom is -0.260 e. The number of pyridine rings is 1. The van der Waals surface area contributed by atoms with Crippen LogP contribution in [0.15, 0.2) is 53.1 Å². The molecule has 0 saturated carbocycles. The van der Waals surface area contributed by atoms with E-state index in [9.17, 15) is 0 Å². The van der Waals surface area contributed by atoms with Crippen molar-refractivity contribution in [1.82, 2.24) is 4.98 Å². The Kier molecular flexibility index (Phi) is 3.97. The van der Waals surface area contributed by atoms with E-state index >= 15 is 0 Å². The third kappa shape index (κ3) is 3.06. The standard InChI is InChI=1S/C13H11BrClN/c14-11-6-7-12(16-9-11)8-13(15)10-4-2-1-3-5-10/h1-7,9,13H,8H2. The molecular formula is C13H11BrClN. The third-order valence-corrected chi connectivity index (χ3v) is 3.21. The maximum Gasteiger partial charge on any atom is 0.0640 e. The van der Waals surface area contributed by atoms with Crippen molar-refractivity contribution in [3.05, 3.63) is 64.4 Å². The molecule has 0 aliphatic heterocycles. The van der Waals surface area contributed by atoms with Crippen molar-refractivity contribution in [3.8, 4) is 0 Å². The summed E-state index contributed by atoms with van der Waals surface area (Å²) in [6.45, 7) is 0. The van der Waals surface area contributed by atoms with Crippen LogP contribution >= 0.6 is 27.5 Å². The SMILES string of the molecule is ClC(Cc1ccc(Br)cn1)c1ccccc1. The molecule has 0 spiro atoms. The molecule has 0 aliphatic rings. The monoisotopic (exact) mass is 295 g/mol. The highest BCUT2D eigenvalue weighted by atomic mass is 79.9. The molecule has 1 unspecified atom stereocenters. The Bertz CT molecular complexity index is 441. The second-order valence-electron chi connectivity index (χ2n) is 3.55. The van der Waals surface area contributed by atoms with Crippen LogP contribution in [0.4, 0.5) is 0 Å². The van der Waals surface area contributed by atoms with Gasteiger partial charge in [-0.2, -0.15) is 0 Å². The first-order valence-electron chi connectivity index (χ1n) is 5.05. The van der Waals surface area contributed by atoms with Crippen LogP contribution in [0.5, 0.6) is 0 Å². The first kappa shape index (κ1) is 11.6. The molecule has 1 atom stereocenters. The minimum absolute atomic E-state index is 0.0186. The van der Waals surface area contributed by atoms with Crippen LogP contribution in [0.25, 0.3) is 0 Å². The van der Waals surface area contributed by atoms with Gasteiger partial charge in [-0.05, 0) is 33.6 Å². The molecule has 16 heavy (non-hydrogen) atoms. The Labute approximate surface area is 109 Å². The normalized spacial score (nSPS) is 12.4. The summed E-state index contributed by atoms with van der Waals surface area (Å²) in [5.41, 5.74) is 2.14. The fraction of sp³-hybridized carbons (Fsp3) is 0.154. The van der Waals surface area contributed by atoms with E-state index in [1.807, 2.05) is 42.5 Å². The molecule has 0 aliphatic carbocycles. The van der Waals surface area contributed by atoms with E-state index in [4.69, 9.17) is 11.6 Å². The number of hydrogen-bond donors (Lipinski definition) is 0. The zero-order valence-electron chi connectivity index (χ0n) is 8.61. The number of benzene rings is 1. The van der Waals surface area contributed by atoms with Gasteiger partial charge in [0.2, 0.25) is 0 Å². The number of rotatable bonds is 3. The van der Waals surface area contributed by atoms with E-state index in [1.54, 1.807) is 6.20 Å². The summed E-state index contributed by atoms with van der Waals surface area (Å²) in [4.78, 5) is 4.31. The molecule has 0 radical (unpaired) electrons. The summed E-state index contributed by atoms with van der Waals surface area (Å²) >= 11 is 9.69. The van der Waals surface area contributed by atoms with Crippen molar-refractivity contribution in [2.75, 3.05) is 0 Å². The molecule has 3 heteroatoms. The van der Waals surface area contributed by atoms with Crippen LogP contribution in [0, 0.1) is 0 Å². The lowest BCUT2D eigenvalue weighted by atomic mass is 10.1. The zero-order chi connectivity index (χ0) is 11.4. The van der Waals surface area contributed by atoms with Crippen LogP contribution in [0.3, 0.4) is 0 Å². The summed E-state index contributed by atoms with van der Waals surface area (Å²) < 4.78 is 0.988. The molecule has 82 valence electrons. The smallest absolute Gasteiger partial charge is 0.0640 e. The zero-order valence-corrected chi connectivity index (χ0v) is 10.9. The highest BCUT2D eigenvalue weighted by Crippen LogP contribution is 2.24. The van der Waals surface area contributed by atoms with Gasteiger partial charge in [0.25, 0.3) is 0 Å². The molecule has 1 aromatic heterocycles. The first-order valence-corrected chi connectivity index (χ1v) is 6.28. The highest BCUT2D eigenvalue weighted by Gasteiger charge is 2.08. The molecule has 0 bridgehead atoms. The molecule has 0 saturated heterocycles. The van der Waals surface area contributed by atoms with Crippen LogP contribution < -0.4 is 0 Å². The summed E-state index contributed by atoms with van der Waals surface area (Å²) in [6, 6.07) is 14.0. The van der Waals surface area contributed by atoms with Crippen LogP contribution in [-0.4, -0.2) is 4.98 Å². The Balaban J connectivity index is 2.08. The van der Waals surface area contributed by atoms with Crippen molar-refractivity contribution in [2.45, 2.75) is 11.8 Å². The summed E-state index contributed by atoms with van der Waals surface area (Å²) in [6.07, 6.45) is 2.54. The van der Waals surface area contributed by atoms with Crippen molar-refractivity contribution in [3.63, 3.8) is 0 Å². The Morgan fingerprint density at radius 3 is 2.50 bits per heavy atom. The van der Waals surface area contributed by atoms with Crippen LogP contribution in [0.1, 0.15) is 16.6 Å². The van der Waals surface area contributed by atoms with Crippen LogP contribution in [-0.2, 0) is 6.42 Å². The quantitative estimate of drug-likeness (QED) is 0.767. The fourth-order valence-corrected chi connectivity index (χ4v) is 2.03. The van der Waals surface area contributed by atoms with Crippen molar-refractivity contribution < 1.29 is 0 Å². The van der Waals surface area contributed by atoms with E-state index in [0.29, 0.717) is 0 Å². The van der Waals surface area contributed by atoms with E-state index in [0.717, 1.165) is 22.2 Å². The van der Waals surface area contributed by atoms with Gasteiger partial charge < -0.3 is 0 Å².